The van der Waals surface area contributed by atoms with E-state index < -0.39 is 11.7 Å². The Bertz CT molecular complexity index is 884. The highest BCUT2D eigenvalue weighted by Gasteiger charge is 2.30. The number of nitrogens with zero attached hydrogens (tertiary/aromatic N) is 3. The molecule has 2 amide bonds. The smallest absolute Gasteiger partial charge is 0.407 e. The van der Waals surface area contributed by atoms with E-state index in [1.807, 2.05) is 4.90 Å². The third-order valence-corrected chi connectivity index (χ3v) is 6.79. The Labute approximate surface area is 197 Å². The Balaban J connectivity index is 1.14. The van der Waals surface area contributed by atoms with Gasteiger partial charge in [-0.2, -0.15) is 5.10 Å². The molecule has 1 atom stereocenters. The average Bonchev–Trinajstić information content (AvgIpc) is 3.25. The summed E-state index contributed by atoms with van der Waals surface area (Å²) < 4.78 is 10.9. The molecule has 1 aromatic rings. The summed E-state index contributed by atoms with van der Waals surface area (Å²) >= 11 is 6.07. The number of H-pyrrole nitrogens is 1. The lowest BCUT2D eigenvalue weighted by atomic mass is 9.91. The third kappa shape index (κ3) is 6.58. The molecule has 1 aromatic heterocycles. The molecule has 0 bridgehead atoms. The van der Waals surface area contributed by atoms with E-state index in [-0.39, 0.29) is 29.1 Å². The Kier molecular flexibility index (Phi) is 8.05. The van der Waals surface area contributed by atoms with E-state index in [1.165, 1.54) is 6.20 Å². The number of ether oxygens (including phenoxy) is 2. The van der Waals surface area contributed by atoms with Gasteiger partial charge in [0.1, 0.15) is 11.1 Å². The Morgan fingerprint density at radius 2 is 1.82 bits per heavy atom. The van der Waals surface area contributed by atoms with Crippen molar-refractivity contribution in [2.24, 2.45) is 0 Å². The second-order valence-corrected chi connectivity index (χ2v) is 9.19. The summed E-state index contributed by atoms with van der Waals surface area (Å²) in [7, 11) is 0. The van der Waals surface area contributed by atoms with Gasteiger partial charge in [-0.1, -0.05) is 11.6 Å². The van der Waals surface area contributed by atoms with Crippen molar-refractivity contribution in [3.63, 3.8) is 0 Å². The summed E-state index contributed by atoms with van der Waals surface area (Å²) in [6.45, 7) is 4.42. The molecule has 0 unspecified atom stereocenters. The highest BCUT2D eigenvalue weighted by Crippen LogP contribution is 2.26. The van der Waals surface area contributed by atoms with Crippen LogP contribution in [0.2, 0.25) is 5.02 Å². The quantitative estimate of drug-likeness (QED) is 0.534. The molecule has 182 valence electrons. The molecule has 12 heteroatoms. The molecular formula is C21H31ClN6O5. The van der Waals surface area contributed by atoms with Gasteiger partial charge in [-0.05, 0) is 25.7 Å². The van der Waals surface area contributed by atoms with Crippen molar-refractivity contribution < 1.29 is 19.1 Å². The molecule has 33 heavy (non-hydrogen) atoms. The zero-order valence-electron chi connectivity index (χ0n) is 18.6. The van der Waals surface area contributed by atoms with Gasteiger partial charge in [0.05, 0.1) is 38.2 Å². The van der Waals surface area contributed by atoms with Crippen LogP contribution in [0.1, 0.15) is 32.1 Å². The van der Waals surface area contributed by atoms with E-state index in [0.29, 0.717) is 45.0 Å². The molecule has 1 aliphatic carbocycles. The molecular weight excluding hydrogens is 452 g/mol. The van der Waals surface area contributed by atoms with E-state index >= 15 is 0 Å². The van der Waals surface area contributed by atoms with Crippen molar-refractivity contribution in [3.8, 4) is 0 Å². The first-order valence-electron chi connectivity index (χ1n) is 11.5. The number of carbonyl (C=O) groups excluding carboxylic acids is 2. The van der Waals surface area contributed by atoms with Gasteiger partial charge in [0.25, 0.3) is 5.56 Å². The third-order valence-electron chi connectivity index (χ3n) is 6.42. The highest BCUT2D eigenvalue weighted by atomic mass is 35.5. The fourth-order valence-corrected chi connectivity index (χ4v) is 4.82. The zero-order chi connectivity index (χ0) is 23.2. The predicted octanol–water partition coefficient (Wildman–Crippen LogP) is 0.488. The van der Waals surface area contributed by atoms with Crippen LogP contribution in [0, 0.1) is 0 Å². The average molecular weight is 483 g/mol. The van der Waals surface area contributed by atoms with E-state index in [2.05, 4.69) is 25.7 Å². The molecule has 3 aliphatic rings. The number of hydrogen-bond donors (Lipinski definition) is 3. The molecule has 0 spiro atoms. The fraction of sp³-hybridized carbons (Fsp3) is 0.714. The van der Waals surface area contributed by atoms with Gasteiger partial charge in [0.2, 0.25) is 5.91 Å². The summed E-state index contributed by atoms with van der Waals surface area (Å²) in [6, 6.07) is 0.178. The highest BCUT2D eigenvalue weighted by molar-refractivity contribution is 6.33. The number of halogens is 1. The maximum absolute atomic E-state index is 12.4. The number of aromatic nitrogens is 2. The van der Waals surface area contributed by atoms with E-state index in [1.54, 1.807) is 0 Å². The van der Waals surface area contributed by atoms with Gasteiger partial charge >= 0.3 is 6.09 Å². The van der Waals surface area contributed by atoms with Crippen LogP contribution in [-0.4, -0.2) is 91.2 Å². The van der Waals surface area contributed by atoms with Crippen LogP contribution in [0.25, 0.3) is 0 Å². The predicted molar refractivity (Wildman–Crippen MR) is 122 cm³/mol. The van der Waals surface area contributed by atoms with Crippen LogP contribution in [0.5, 0.6) is 0 Å². The number of morpholine rings is 1. The van der Waals surface area contributed by atoms with Gasteiger partial charge in [0.15, 0.2) is 0 Å². The van der Waals surface area contributed by atoms with Gasteiger partial charge < -0.3 is 25.0 Å². The molecule has 2 aliphatic heterocycles. The number of carbonyl (C=O) groups is 2. The van der Waals surface area contributed by atoms with Gasteiger partial charge in [-0.15, -0.1) is 0 Å². The van der Waals surface area contributed by atoms with E-state index in [9.17, 15) is 14.4 Å². The number of anilines is 1. The maximum atomic E-state index is 12.4. The van der Waals surface area contributed by atoms with Crippen LogP contribution in [0.15, 0.2) is 11.0 Å². The van der Waals surface area contributed by atoms with Crippen LogP contribution in [-0.2, 0) is 14.3 Å². The lowest BCUT2D eigenvalue weighted by Gasteiger charge is -2.31. The molecule has 0 aromatic carbocycles. The Morgan fingerprint density at radius 3 is 2.55 bits per heavy atom. The van der Waals surface area contributed by atoms with E-state index in [4.69, 9.17) is 21.1 Å². The minimum absolute atomic E-state index is 0.0359. The topological polar surface area (TPSA) is 129 Å². The molecule has 3 fully saturated rings. The van der Waals surface area contributed by atoms with Crippen molar-refractivity contribution in [2.75, 3.05) is 50.8 Å². The van der Waals surface area contributed by atoms with E-state index in [0.717, 1.165) is 38.8 Å². The number of hydrogen-bond acceptors (Lipinski definition) is 8. The summed E-state index contributed by atoms with van der Waals surface area (Å²) in [6.07, 6.45) is 4.68. The Morgan fingerprint density at radius 1 is 1.12 bits per heavy atom. The first-order chi connectivity index (χ1) is 16.0. The molecule has 0 radical (unpaired) electrons. The molecule has 3 N–H and O–H groups in total. The summed E-state index contributed by atoms with van der Waals surface area (Å²) in [5.74, 6) is 0.0502. The first kappa shape index (κ1) is 23.8. The molecule has 4 rings (SSSR count). The Hall–Kier alpha value is -2.37. The second kappa shape index (κ2) is 11.2. The van der Waals surface area contributed by atoms with Crippen LogP contribution < -0.4 is 21.1 Å². The van der Waals surface area contributed by atoms with Crippen molar-refractivity contribution in [1.29, 1.82) is 0 Å². The van der Waals surface area contributed by atoms with Crippen molar-refractivity contribution >= 4 is 29.3 Å². The molecule has 3 heterocycles. The first-order valence-corrected chi connectivity index (χ1v) is 11.9. The fourth-order valence-electron chi connectivity index (χ4n) is 4.61. The van der Waals surface area contributed by atoms with Crippen LogP contribution in [0.3, 0.4) is 0 Å². The maximum Gasteiger partial charge on any atom is 0.407 e. The lowest BCUT2D eigenvalue weighted by Crippen LogP contribution is -2.48. The van der Waals surface area contributed by atoms with Gasteiger partial charge in [-0.25, -0.2) is 9.89 Å². The SMILES string of the molecule is O=C(CN1CCOCC1)N[C@H]1CC[C@H](NC(=O)O[C@@H]2CCN(c3cn[nH]c(=O)c3Cl)C2)CC1. The molecule has 11 nitrogen and oxygen atoms in total. The second-order valence-electron chi connectivity index (χ2n) is 8.81. The van der Waals surface area contributed by atoms with Gasteiger partial charge in [-0.3, -0.25) is 14.5 Å². The minimum atomic E-state index is -0.441. The number of amides is 2. The van der Waals surface area contributed by atoms with Crippen LogP contribution in [0.4, 0.5) is 10.5 Å². The summed E-state index contributed by atoms with van der Waals surface area (Å²) in [4.78, 5) is 40.3. The number of nitrogens with one attached hydrogen (secondary N) is 3. The lowest BCUT2D eigenvalue weighted by molar-refractivity contribution is -0.124. The summed E-state index contributed by atoms with van der Waals surface area (Å²) in [5.41, 5.74) is 0.102. The van der Waals surface area contributed by atoms with Crippen molar-refractivity contribution in [2.45, 2.75) is 50.3 Å². The monoisotopic (exact) mass is 482 g/mol. The summed E-state index contributed by atoms with van der Waals surface area (Å²) in [5, 5.41) is 12.2. The number of rotatable bonds is 6. The minimum Gasteiger partial charge on any atom is -0.444 e. The van der Waals surface area contributed by atoms with Gasteiger partial charge in [0, 0.05) is 38.1 Å². The molecule has 1 saturated carbocycles. The number of alkyl carbamates (subject to hydrolysis) is 1. The largest absolute Gasteiger partial charge is 0.444 e. The van der Waals surface area contributed by atoms with Crippen molar-refractivity contribution in [3.05, 3.63) is 21.6 Å². The van der Waals surface area contributed by atoms with Crippen LogP contribution >= 0.6 is 11.6 Å². The molecule has 2 saturated heterocycles. The zero-order valence-corrected chi connectivity index (χ0v) is 19.3. The van der Waals surface area contributed by atoms with Crippen molar-refractivity contribution in [1.82, 2.24) is 25.7 Å². The normalized spacial score (nSPS) is 26.1. The standard InChI is InChI=1S/C21H31ClN6O5/c22-19-17(11-23-26-20(19)30)28-6-5-16(12-28)33-21(31)25-15-3-1-14(2-4-15)24-18(29)13-27-7-9-32-10-8-27/h11,14-16H,1-10,12-13H2,(H,24,29)(H,25,31)(H,26,30)/t14-,15-,16-/m1/s1. The number of aromatic amines is 1.